The summed E-state index contributed by atoms with van der Waals surface area (Å²) >= 11 is 5.22. The maximum Gasteiger partial charge on any atom is 0.255 e. The van der Waals surface area contributed by atoms with E-state index < -0.39 is 0 Å². The van der Waals surface area contributed by atoms with Gasteiger partial charge in [-0.05, 0) is 36.8 Å². The van der Waals surface area contributed by atoms with E-state index in [4.69, 9.17) is 0 Å². The molecule has 0 saturated heterocycles. The lowest BCUT2D eigenvalue weighted by Crippen LogP contribution is -2.38. The average molecular weight is 344 g/mol. The molecular weight excluding hydrogens is 326 g/mol. The molecule has 3 nitrogen and oxygen atoms in total. The second kappa shape index (κ2) is 6.66. The molecule has 1 fully saturated rings. The van der Waals surface area contributed by atoms with E-state index in [2.05, 4.69) is 28.2 Å². The summed E-state index contributed by atoms with van der Waals surface area (Å²) < 4.78 is 0.793. The van der Waals surface area contributed by atoms with Crippen molar-refractivity contribution >= 4 is 33.6 Å². The summed E-state index contributed by atoms with van der Waals surface area (Å²) in [5.41, 5.74) is 0.335. The molecule has 1 aliphatic rings. The van der Waals surface area contributed by atoms with Crippen LogP contribution in [0, 0.1) is 0 Å². The molecule has 0 aromatic heterocycles. The third kappa shape index (κ3) is 3.66. The minimum atomic E-state index is -0.188. The Morgan fingerprint density at radius 1 is 1.53 bits per heavy atom. The smallest absolute Gasteiger partial charge is 0.255 e. The van der Waals surface area contributed by atoms with E-state index in [1.54, 1.807) is 12.1 Å². The third-order valence-electron chi connectivity index (χ3n) is 3.35. The molecule has 0 aliphatic heterocycles. The van der Waals surface area contributed by atoms with Gasteiger partial charge in [0.25, 0.3) is 5.91 Å². The quantitative estimate of drug-likeness (QED) is 0.878. The number of thioether (sulfide) groups is 1. The van der Waals surface area contributed by atoms with Gasteiger partial charge >= 0.3 is 0 Å². The van der Waals surface area contributed by atoms with E-state index >= 15 is 0 Å². The standard InChI is InChI=1S/C14H18BrNO2S/c1-2-19-13-5-3-4-11(13)16-14(18)10-8-9(15)6-7-12(10)17/h6-8,11,13,17H,2-5H2,1H3,(H,16,18). The van der Waals surface area contributed by atoms with Crippen molar-refractivity contribution in [2.24, 2.45) is 0 Å². The Kier molecular flexibility index (Phi) is 5.16. The van der Waals surface area contributed by atoms with Crippen molar-refractivity contribution in [2.45, 2.75) is 37.5 Å². The highest BCUT2D eigenvalue weighted by molar-refractivity contribution is 9.10. The molecule has 19 heavy (non-hydrogen) atoms. The number of phenolic OH excluding ortho intramolecular Hbond substituents is 1. The van der Waals surface area contributed by atoms with Crippen molar-refractivity contribution in [3.05, 3.63) is 28.2 Å². The molecule has 1 amide bonds. The highest BCUT2D eigenvalue weighted by atomic mass is 79.9. The van der Waals surface area contributed by atoms with Crippen LogP contribution in [0.5, 0.6) is 5.75 Å². The monoisotopic (exact) mass is 343 g/mol. The van der Waals surface area contributed by atoms with Crippen LogP contribution in [0.15, 0.2) is 22.7 Å². The molecule has 1 aliphatic carbocycles. The third-order valence-corrected chi connectivity index (χ3v) is 5.17. The molecule has 1 aromatic carbocycles. The van der Waals surface area contributed by atoms with Crippen LogP contribution in [0.3, 0.4) is 0 Å². The predicted octanol–water partition coefficient (Wildman–Crippen LogP) is 3.56. The summed E-state index contributed by atoms with van der Waals surface area (Å²) in [7, 11) is 0. The van der Waals surface area contributed by atoms with E-state index in [1.807, 2.05) is 11.8 Å². The second-order valence-corrected chi connectivity index (χ2v) is 7.10. The van der Waals surface area contributed by atoms with Crippen molar-refractivity contribution in [1.82, 2.24) is 5.32 Å². The predicted molar refractivity (Wildman–Crippen MR) is 82.8 cm³/mol. The summed E-state index contributed by atoms with van der Waals surface area (Å²) in [6.07, 6.45) is 3.35. The highest BCUT2D eigenvalue weighted by Crippen LogP contribution is 2.30. The number of amides is 1. The molecule has 0 bridgehead atoms. The van der Waals surface area contributed by atoms with Crippen LogP contribution in [-0.4, -0.2) is 28.1 Å². The van der Waals surface area contributed by atoms with Crippen LogP contribution in [0.1, 0.15) is 36.5 Å². The Morgan fingerprint density at radius 2 is 2.32 bits per heavy atom. The van der Waals surface area contributed by atoms with Gasteiger partial charge in [-0.15, -0.1) is 0 Å². The van der Waals surface area contributed by atoms with Gasteiger partial charge in [0.15, 0.2) is 0 Å². The topological polar surface area (TPSA) is 49.3 Å². The van der Waals surface area contributed by atoms with Gasteiger partial charge in [-0.3, -0.25) is 4.79 Å². The largest absolute Gasteiger partial charge is 0.507 e. The minimum absolute atomic E-state index is 0.0263. The number of benzene rings is 1. The number of rotatable bonds is 4. The van der Waals surface area contributed by atoms with E-state index in [-0.39, 0.29) is 17.7 Å². The van der Waals surface area contributed by atoms with Crippen molar-refractivity contribution in [3.8, 4) is 5.75 Å². The number of carbonyl (C=O) groups is 1. The molecular formula is C14H18BrNO2S. The first-order valence-corrected chi connectivity index (χ1v) is 8.37. The maximum absolute atomic E-state index is 12.2. The summed E-state index contributed by atoms with van der Waals surface area (Å²) in [5, 5.41) is 13.3. The Morgan fingerprint density at radius 3 is 3.05 bits per heavy atom. The lowest BCUT2D eigenvalue weighted by molar-refractivity contribution is 0.0936. The number of hydrogen-bond acceptors (Lipinski definition) is 3. The van der Waals surface area contributed by atoms with Crippen LogP contribution < -0.4 is 5.32 Å². The van der Waals surface area contributed by atoms with Crippen LogP contribution in [0.2, 0.25) is 0 Å². The minimum Gasteiger partial charge on any atom is -0.507 e. The highest BCUT2D eigenvalue weighted by Gasteiger charge is 2.29. The molecule has 0 radical (unpaired) electrons. The fourth-order valence-corrected chi connectivity index (χ4v) is 4.00. The summed E-state index contributed by atoms with van der Waals surface area (Å²) in [5.74, 6) is 0.907. The first-order chi connectivity index (χ1) is 9.11. The number of halogens is 1. The van der Waals surface area contributed by atoms with Gasteiger partial charge in [0.1, 0.15) is 5.75 Å². The molecule has 2 unspecified atom stereocenters. The molecule has 2 N–H and O–H groups in total. The second-order valence-electron chi connectivity index (χ2n) is 4.67. The van der Waals surface area contributed by atoms with Gasteiger partial charge in [-0.2, -0.15) is 11.8 Å². The van der Waals surface area contributed by atoms with E-state index in [9.17, 15) is 9.90 Å². The molecule has 5 heteroatoms. The summed E-state index contributed by atoms with van der Waals surface area (Å²) in [4.78, 5) is 12.2. The van der Waals surface area contributed by atoms with Crippen LogP contribution >= 0.6 is 27.7 Å². The molecule has 1 aromatic rings. The molecule has 0 heterocycles. The first-order valence-electron chi connectivity index (χ1n) is 6.52. The number of nitrogens with one attached hydrogen (secondary N) is 1. The fraction of sp³-hybridized carbons (Fsp3) is 0.500. The van der Waals surface area contributed by atoms with Gasteiger partial charge in [0, 0.05) is 15.8 Å². The van der Waals surface area contributed by atoms with Crippen LogP contribution in [-0.2, 0) is 0 Å². The van der Waals surface area contributed by atoms with Gasteiger partial charge in [-0.1, -0.05) is 29.3 Å². The summed E-state index contributed by atoms with van der Waals surface area (Å²) in [6, 6.07) is 5.13. The zero-order valence-electron chi connectivity index (χ0n) is 10.9. The van der Waals surface area contributed by atoms with Crippen molar-refractivity contribution in [1.29, 1.82) is 0 Å². The molecule has 2 atom stereocenters. The normalized spacial score (nSPS) is 22.4. The van der Waals surface area contributed by atoms with Crippen LogP contribution in [0.4, 0.5) is 0 Å². The van der Waals surface area contributed by atoms with E-state index in [0.717, 1.165) is 29.5 Å². The number of carbonyl (C=O) groups excluding carboxylic acids is 1. The molecule has 1 saturated carbocycles. The number of hydrogen-bond donors (Lipinski definition) is 2. The van der Waals surface area contributed by atoms with Gasteiger partial charge in [0.2, 0.25) is 0 Å². The Hall–Kier alpha value is -0.680. The summed E-state index contributed by atoms with van der Waals surface area (Å²) in [6.45, 7) is 2.14. The fourth-order valence-electron chi connectivity index (χ4n) is 2.44. The Balaban J connectivity index is 2.06. The van der Waals surface area contributed by atoms with Crippen molar-refractivity contribution in [3.63, 3.8) is 0 Å². The van der Waals surface area contributed by atoms with Gasteiger partial charge in [0.05, 0.1) is 5.56 Å². The van der Waals surface area contributed by atoms with Gasteiger partial charge < -0.3 is 10.4 Å². The maximum atomic E-state index is 12.2. The SMILES string of the molecule is CCSC1CCCC1NC(=O)c1cc(Br)ccc1O. The zero-order chi connectivity index (χ0) is 13.8. The zero-order valence-corrected chi connectivity index (χ0v) is 13.3. The molecule has 0 spiro atoms. The van der Waals surface area contributed by atoms with Crippen LogP contribution in [0.25, 0.3) is 0 Å². The Bertz CT molecular complexity index is 467. The first kappa shape index (κ1) is 14.7. The van der Waals surface area contributed by atoms with Gasteiger partial charge in [-0.25, -0.2) is 0 Å². The molecule has 2 rings (SSSR count). The van der Waals surface area contributed by atoms with E-state index in [1.165, 1.54) is 6.07 Å². The molecule has 104 valence electrons. The van der Waals surface area contributed by atoms with Crippen molar-refractivity contribution < 1.29 is 9.90 Å². The Labute approximate surface area is 126 Å². The van der Waals surface area contributed by atoms with Crippen molar-refractivity contribution in [2.75, 3.05) is 5.75 Å². The number of aromatic hydroxyl groups is 1. The lowest BCUT2D eigenvalue weighted by Gasteiger charge is -2.20. The van der Waals surface area contributed by atoms with E-state index in [0.29, 0.717) is 10.8 Å². The lowest BCUT2D eigenvalue weighted by atomic mass is 10.1. The number of phenols is 1. The average Bonchev–Trinajstić information content (AvgIpc) is 2.80.